The number of nitrogens with one attached hydrogen (secondary N) is 2. The lowest BCUT2D eigenvalue weighted by Gasteiger charge is -2.33. The summed E-state index contributed by atoms with van der Waals surface area (Å²) in [7, 11) is 0. The van der Waals surface area contributed by atoms with Crippen molar-refractivity contribution in [1.82, 2.24) is 10.2 Å². The van der Waals surface area contributed by atoms with E-state index in [-0.39, 0.29) is 23.3 Å². The van der Waals surface area contributed by atoms with Crippen molar-refractivity contribution in [3.8, 4) is 0 Å². The average molecular weight is 436 g/mol. The van der Waals surface area contributed by atoms with Crippen molar-refractivity contribution in [3.05, 3.63) is 65.7 Å². The molecule has 0 atom stereocenters. The number of benzene rings is 2. The van der Waals surface area contributed by atoms with E-state index in [4.69, 9.17) is 0 Å². The maximum absolute atomic E-state index is 13.0. The first-order valence-electron chi connectivity index (χ1n) is 11.5. The lowest BCUT2D eigenvalue weighted by molar-refractivity contribution is -0.128. The molecule has 3 rings (SSSR count). The monoisotopic (exact) mass is 435 g/mol. The fourth-order valence-corrected chi connectivity index (χ4v) is 4.10. The molecule has 0 bridgehead atoms. The standard InChI is InChI=1S/C27H37N3O2/c1-26(2,3)29-24(31)21-14-16-30(17-15-21)19-20-10-9-13-23(18-20)28-25(32)27(4,5)22-11-7-6-8-12-22/h6-13,18,21H,14-17,19H2,1-5H3,(H,28,32)(H,29,31). The van der Waals surface area contributed by atoms with Crippen LogP contribution >= 0.6 is 0 Å². The molecule has 1 fully saturated rings. The molecule has 172 valence electrons. The summed E-state index contributed by atoms with van der Waals surface area (Å²) >= 11 is 0. The Morgan fingerprint density at radius 1 is 0.938 bits per heavy atom. The van der Waals surface area contributed by atoms with E-state index >= 15 is 0 Å². The number of anilines is 1. The minimum absolute atomic E-state index is 0.0217. The highest BCUT2D eigenvalue weighted by molar-refractivity contribution is 5.98. The van der Waals surface area contributed by atoms with Gasteiger partial charge >= 0.3 is 0 Å². The fraction of sp³-hybridized carbons (Fsp3) is 0.481. The highest BCUT2D eigenvalue weighted by Gasteiger charge is 2.30. The molecule has 2 N–H and O–H groups in total. The van der Waals surface area contributed by atoms with Crippen LogP contribution in [0.1, 0.15) is 58.6 Å². The van der Waals surface area contributed by atoms with Gasteiger partial charge in [0.1, 0.15) is 0 Å². The Bertz CT molecular complexity index is 923. The number of amides is 2. The highest BCUT2D eigenvalue weighted by Crippen LogP contribution is 2.26. The lowest BCUT2D eigenvalue weighted by atomic mass is 9.83. The number of carbonyl (C=O) groups excluding carboxylic acids is 2. The molecule has 2 amide bonds. The highest BCUT2D eigenvalue weighted by atomic mass is 16.2. The van der Waals surface area contributed by atoms with Crippen LogP contribution in [0.4, 0.5) is 5.69 Å². The zero-order chi connectivity index (χ0) is 23.4. The second kappa shape index (κ2) is 9.86. The molecular weight excluding hydrogens is 398 g/mol. The van der Waals surface area contributed by atoms with Crippen molar-refractivity contribution in [2.45, 2.75) is 65.0 Å². The van der Waals surface area contributed by atoms with E-state index in [1.807, 2.05) is 77.1 Å². The maximum atomic E-state index is 13.0. The molecule has 1 heterocycles. The minimum Gasteiger partial charge on any atom is -0.351 e. The molecule has 0 unspecified atom stereocenters. The molecule has 0 spiro atoms. The summed E-state index contributed by atoms with van der Waals surface area (Å²) in [6.45, 7) is 12.6. The van der Waals surface area contributed by atoms with Crippen molar-refractivity contribution in [2.24, 2.45) is 5.92 Å². The van der Waals surface area contributed by atoms with Gasteiger partial charge in [0.05, 0.1) is 5.41 Å². The zero-order valence-corrected chi connectivity index (χ0v) is 20.1. The van der Waals surface area contributed by atoms with Crippen LogP contribution in [0.5, 0.6) is 0 Å². The summed E-state index contributed by atoms with van der Waals surface area (Å²) in [5.41, 5.74) is 2.17. The quantitative estimate of drug-likeness (QED) is 0.690. The largest absolute Gasteiger partial charge is 0.351 e. The van der Waals surface area contributed by atoms with Gasteiger partial charge in [-0.05, 0) is 83.8 Å². The topological polar surface area (TPSA) is 61.4 Å². The van der Waals surface area contributed by atoms with E-state index in [0.29, 0.717) is 0 Å². The summed E-state index contributed by atoms with van der Waals surface area (Å²) in [5.74, 6) is 0.241. The van der Waals surface area contributed by atoms with Crippen LogP contribution in [0.25, 0.3) is 0 Å². The fourth-order valence-electron chi connectivity index (χ4n) is 4.10. The third-order valence-electron chi connectivity index (χ3n) is 6.11. The lowest BCUT2D eigenvalue weighted by Crippen LogP contribution is -2.46. The number of hydrogen-bond donors (Lipinski definition) is 2. The van der Waals surface area contributed by atoms with Crippen LogP contribution in [-0.2, 0) is 21.5 Å². The molecule has 0 saturated carbocycles. The molecule has 0 aromatic heterocycles. The number of carbonyl (C=O) groups is 2. The second-order valence-corrected chi connectivity index (χ2v) is 10.4. The smallest absolute Gasteiger partial charge is 0.234 e. The first-order valence-corrected chi connectivity index (χ1v) is 11.5. The van der Waals surface area contributed by atoms with Gasteiger partial charge in [-0.25, -0.2) is 0 Å². The van der Waals surface area contributed by atoms with Crippen molar-refractivity contribution >= 4 is 17.5 Å². The van der Waals surface area contributed by atoms with Crippen molar-refractivity contribution in [1.29, 1.82) is 0 Å². The van der Waals surface area contributed by atoms with Gasteiger partial charge in [0.2, 0.25) is 11.8 Å². The normalized spacial score (nSPS) is 15.9. The SMILES string of the molecule is CC(C)(C)NC(=O)C1CCN(Cc2cccc(NC(=O)C(C)(C)c3ccccc3)c2)CC1. The average Bonchev–Trinajstić information content (AvgIpc) is 2.74. The van der Waals surface area contributed by atoms with Gasteiger partial charge in [-0.2, -0.15) is 0 Å². The van der Waals surface area contributed by atoms with E-state index < -0.39 is 5.41 Å². The zero-order valence-electron chi connectivity index (χ0n) is 20.1. The van der Waals surface area contributed by atoms with Crippen LogP contribution in [0.2, 0.25) is 0 Å². The Kier molecular flexibility index (Phi) is 7.40. The van der Waals surface area contributed by atoms with Gasteiger partial charge in [-0.3, -0.25) is 14.5 Å². The van der Waals surface area contributed by atoms with Crippen LogP contribution < -0.4 is 10.6 Å². The summed E-state index contributed by atoms with van der Waals surface area (Å²) in [4.78, 5) is 27.8. The third-order valence-corrected chi connectivity index (χ3v) is 6.11. The molecule has 5 nitrogen and oxygen atoms in total. The molecule has 1 saturated heterocycles. The molecule has 0 radical (unpaired) electrons. The van der Waals surface area contributed by atoms with E-state index in [2.05, 4.69) is 27.7 Å². The number of rotatable bonds is 6. The van der Waals surface area contributed by atoms with Gasteiger partial charge < -0.3 is 10.6 Å². The van der Waals surface area contributed by atoms with Crippen LogP contribution in [0.3, 0.4) is 0 Å². The van der Waals surface area contributed by atoms with Crippen molar-refractivity contribution in [2.75, 3.05) is 18.4 Å². The van der Waals surface area contributed by atoms with Crippen LogP contribution in [0, 0.1) is 5.92 Å². The van der Waals surface area contributed by atoms with E-state index in [0.717, 1.165) is 49.3 Å². The molecule has 0 aliphatic carbocycles. The maximum Gasteiger partial charge on any atom is 0.234 e. The summed E-state index contributed by atoms with van der Waals surface area (Å²) in [6.07, 6.45) is 1.76. The van der Waals surface area contributed by atoms with Crippen LogP contribution in [0.15, 0.2) is 54.6 Å². The summed E-state index contributed by atoms with van der Waals surface area (Å²) in [6, 6.07) is 17.9. The van der Waals surface area contributed by atoms with Crippen molar-refractivity contribution in [3.63, 3.8) is 0 Å². The number of hydrogen-bond acceptors (Lipinski definition) is 3. The molecule has 5 heteroatoms. The molecule has 2 aromatic rings. The van der Waals surface area contributed by atoms with Crippen molar-refractivity contribution < 1.29 is 9.59 Å². The first kappa shape index (κ1) is 24.0. The van der Waals surface area contributed by atoms with E-state index in [9.17, 15) is 9.59 Å². The molecular formula is C27H37N3O2. The Morgan fingerprint density at radius 2 is 1.59 bits per heavy atom. The van der Waals surface area contributed by atoms with Crippen LogP contribution in [-0.4, -0.2) is 35.3 Å². The van der Waals surface area contributed by atoms with E-state index in [1.54, 1.807) is 0 Å². The molecule has 1 aliphatic rings. The van der Waals surface area contributed by atoms with Gasteiger partial charge in [0.15, 0.2) is 0 Å². The Hall–Kier alpha value is -2.66. The predicted octanol–water partition coefficient (Wildman–Crippen LogP) is 4.73. The second-order valence-electron chi connectivity index (χ2n) is 10.4. The van der Waals surface area contributed by atoms with Gasteiger partial charge in [0.25, 0.3) is 0 Å². The Morgan fingerprint density at radius 3 is 2.22 bits per heavy atom. The van der Waals surface area contributed by atoms with Gasteiger partial charge in [-0.15, -0.1) is 0 Å². The molecule has 32 heavy (non-hydrogen) atoms. The third kappa shape index (κ3) is 6.42. The van der Waals surface area contributed by atoms with E-state index in [1.165, 1.54) is 0 Å². The first-order chi connectivity index (χ1) is 15.0. The predicted molar refractivity (Wildman–Crippen MR) is 130 cm³/mol. The Labute approximate surface area is 192 Å². The Balaban J connectivity index is 1.56. The van der Waals surface area contributed by atoms with Gasteiger partial charge in [-0.1, -0.05) is 42.5 Å². The minimum atomic E-state index is -0.618. The summed E-state index contributed by atoms with van der Waals surface area (Å²) in [5, 5.41) is 6.20. The summed E-state index contributed by atoms with van der Waals surface area (Å²) < 4.78 is 0. The van der Waals surface area contributed by atoms with Gasteiger partial charge in [0, 0.05) is 23.7 Å². The number of nitrogens with zero attached hydrogens (tertiary/aromatic N) is 1. The molecule has 1 aliphatic heterocycles. The number of likely N-dealkylation sites (tertiary alicyclic amines) is 1. The molecule has 2 aromatic carbocycles. The number of piperidine rings is 1.